The van der Waals surface area contributed by atoms with Crippen molar-refractivity contribution in [1.82, 2.24) is 9.97 Å². The van der Waals surface area contributed by atoms with Crippen LogP contribution in [0.15, 0.2) is 42.6 Å². The predicted octanol–water partition coefficient (Wildman–Crippen LogP) is 6.54. The van der Waals surface area contributed by atoms with E-state index in [1.165, 1.54) is 24.3 Å². The highest BCUT2D eigenvalue weighted by Crippen LogP contribution is 2.33. The highest BCUT2D eigenvalue weighted by Gasteiger charge is 2.14. The van der Waals surface area contributed by atoms with Gasteiger partial charge in [0.15, 0.2) is 0 Å². The number of halogens is 3. The molecule has 0 aliphatic carbocycles. The van der Waals surface area contributed by atoms with Crippen molar-refractivity contribution in [3.05, 3.63) is 64.9 Å². The quantitative estimate of drug-likeness (QED) is 0.241. The van der Waals surface area contributed by atoms with Crippen molar-refractivity contribution < 1.29 is 18.3 Å². The molecule has 2 aromatic heterocycles. The fourth-order valence-electron chi connectivity index (χ4n) is 3.31. The van der Waals surface area contributed by atoms with Crippen LogP contribution in [-0.2, 0) is 5.75 Å². The van der Waals surface area contributed by atoms with Gasteiger partial charge in [-0.2, -0.15) is 11.8 Å². The largest absolute Gasteiger partial charge is 0.493 e. The van der Waals surface area contributed by atoms with E-state index in [2.05, 4.69) is 9.97 Å². The molecule has 0 spiro atoms. The molecule has 0 bridgehead atoms. The molecule has 1 atom stereocenters. The molecule has 2 N–H and O–H groups in total. The number of anilines is 1. The minimum Gasteiger partial charge on any atom is -0.493 e. The van der Waals surface area contributed by atoms with Crippen molar-refractivity contribution in [2.45, 2.75) is 38.0 Å². The molecule has 0 saturated carbocycles. The van der Waals surface area contributed by atoms with Crippen molar-refractivity contribution in [2.75, 3.05) is 18.6 Å². The van der Waals surface area contributed by atoms with E-state index in [-0.39, 0.29) is 23.2 Å². The lowest BCUT2D eigenvalue weighted by Crippen LogP contribution is -2.13. The first-order chi connectivity index (χ1) is 15.9. The van der Waals surface area contributed by atoms with E-state index in [9.17, 15) is 8.78 Å². The number of ether oxygens (including phenoxy) is 2. The molecule has 176 valence electrons. The Hall–Kier alpha value is -2.58. The maximum Gasteiger partial charge on any atom is 0.215 e. The normalized spacial score (nSPS) is 11.9. The average Bonchev–Trinajstić information content (AvgIpc) is 2.75. The van der Waals surface area contributed by atoms with E-state index >= 15 is 0 Å². The second-order valence-corrected chi connectivity index (χ2v) is 8.82. The van der Waals surface area contributed by atoms with Crippen LogP contribution >= 0.6 is 23.4 Å². The Morgan fingerprint density at radius 3 is 2.73 bits per heavy atom. The average molecular weight is 494 g/mol. The summed E-state index contributed by atoms with van der Waals surface area (Å²) in [5.41, 5.74) is 7.39. The van der Waals surface area contributed by atoms with Crippen LogP contribution in [0, 0.1) is 11.6 Å². The Labute approximate surface area is 201 Å². The highest BCUT2D eigenvalue weighted by atomic mass is 35.5. The smallest absolute Gasteiger partial charge is 0.215 e. The molecule has 3 rings (SSSR count). The highest BCUT2D eigenvalue weighted by molar-refractivity contribution is 7.97. The molecule has 0 radical (unpaired) electrons. The fourth-order valence-corrected chi connectivity index (χ4v) is 4.04. The van der Waals surface area contributed by atoms with E-state index in [0.29, 0.717) is 29.6 Å². The van der Waals surface area contributed by atoms with Gasteiger partial charge in [-0.25, -0.2) is 18.7 Å². The van der Waals surface area contributed by atoms with Crippen LogP contribution < -0.4 is 15.2 Å². The molecule has 1 aromatic carbocycles. The molecule has 33 heavy (non-hydrogen) atoms. The molecule has 1 unspecified atom stereocenters. The van der Waals surface area contributed by atoms with Gasteiger partial charge in [-0.05, 0) is 62.3 Å². The predicted molar refractivity (Wildman–Crippen MR) is 130 cm³/mol. The molecule has 0 aliphatic heterocycles. The van der Waals surface area contributed by atoms with E-state index in [4.69, 9.17) is 26.8 Å². The van der Waals surface area contributed by atoms with Crippen LogP contribution in [0.5, 0.6) is 11.6 Å². The summed E-state index contributed by atoms with van der Waals surface area (Å²) in [6.07, 6.45) is 5.32. The van der Waals surface area contributed by atoms with E-state index in [1.54, 1.807) is 11.8 Å². The van der Waals surface area contributed by atoms with Gasteiger partial charge < -0.3 is 15.2 Å². The molecular formula is C24H26ClF2N3O2S. The Bertz CT molecular complexity index is 1090. The summed E-state index contributed by atoms with van der Waals surface area (Å²) >= 11 is 7.78. The first kappa shape index (κ1) is 25.1. The number of pyridine rings is 2. The minimum atomic E-state index is -0.554. The van der Waals surface area contributed by atoms with Crippen LogP contribution in [0.3, 0.4) is 0 Å². The van der Waals surface area contributed by atoms with Crippen molar-refractivity contribution in [1.29, 1.82) is 0 Å². The Kier molecular flexibility index (Phi) is 9.14. The van der Waals surface area contributed by atoms with Crippen LogP contribution in [0.1, 0.15) is 31.7 Å². The first-order valence-electron chi connectivity index (χ1n) is 10.5. The summed E-state index contributed by atoms with van der Waals surface area (Å²) < 4.78 is 39.7. The number of thioether (sulfide) groups is 1. The zero-order valence-corrected chi connectivity index (χ0v) is 20.1. The summed E-state index contributed by atoms with van der Waals surface area (Å²) in [5.74, 6) is 0.759. The van der Waals surface area contributed by atoms with Crippen molar-refractivity contribution in [2.24, 2.45) is 0 Å². The van der Waals surface area contributed by atoms with E-state index in [0.717, 1.165) is 30.4 Å². The van der Waals surface area contributed by atoms with Crippen LogP contribution in [0.2, 0.25) is 5.15 Å². The van der Waals surface area contributed by atoms with Crippen LogP contribution in [0.25, 0.3) is 11.1 Å². The fraction of sp³-hybridized carbons (Fsp3) is 0.333. The van der Waals surface area contributed by atoms with Gasteiger partial charge in [0.25, 0.3) is 0 Å². The number of nitrogens with two attached hydrogens (primary N) is 1. The number of nitrogens with zero attached hydrogens (tertiary/aromatic N) is 2. The summed E-state index contributed by atoms with van der Waals surface area (Å²) in [4.78, 5) is 7.96. The number of nitrogen functional groups attached to an aromatic ring is 1. The standard InChI is InChI=1S/C24H26ClF2N3O2S/c1-15(32-24-10-16(14-33-2)9-22(25)30-24)5-3-4-8-31-21-11-17(26)6-7-18(21)19-12-23(28)29-13-20(19)27/h6-7,9-13,15H,3-5,8,14H2,1-2H3,(H2,28,29). The maximum atomic E-state index is 14.2. The molecule has 0 amide bonds. The van der Waals surface area contributed by atoms with Gasteiger partial charge in [-0.3, -0.25) is 0 Å². The van der Waals surface area contributed by atoms with Gasteiger partial charge in [0.2, 0.25) is 5.88 Å². The SMILES string of the molecule is CSCc1cc(Cl)nc(OC(C)CCCCOc2cc(F)ccc2-c2cc(N)ncc2F)c1. The molecule has 0 fully saturated rings. The van der Waals surface area contributed by atoms with E-state index in [1.807, 2.05) is 25.3 Å². The lowest BCUT2D eigenvalue weighted by molar-refractivity contribution is 0.194. The van der Waals surface area contributed by atoms with Gasteiger partial charge >= 0.3 is 0 Å². The molecule has 5 nitrogen and oxygen atoms in total. The molecule has 0 saturated heterocycles. The maximum absolute atomic E-state index is 14.2. The molecular weight excluding hydrogens is 468 g/mol. The number of unbranched alkanes of at least 4 members (excludes halogenated alkanes) is 1. The van der Waals surface area contributed by atoms with Gasteiger partial charge in [-0.1, -0.05) is 11.6 Å². The Morgan fingerprint density at radius 1 is 1.12 bits per heavy atom. The Morgan fingerprint density at radius 2 is 1.94 bits per heavy atom. The van der Waals surface area contributed by atoms with Crippen molar-refractivity contribution >= 4 is 29.2 Å². The third-order valence-corrected chi connectivity index (χ3v) is 5.65. The molecule has 0 aliphatic rings. The second-order valence-electron chi connectivity index (χ2n) is 7.57. The van der Waals surface area contributed by atoms with Gasteiger partial charge in [0.1, 0.15) is 28.4 Å². The van der Waals surface area contributed by atoms with E-state index < -0.39 is 11.6 Å². The number of hydrogen-bond acceptors (Lipinski definition) is 6. The third kappa shape index (κ3) is 7.47. The molecule has 3 aromatic rings. The molecule has 9 heteroatoms. The topological polar surface area (TPSA) is 70.3 Å². The number of hydrogen-bond donors (Lipinski definition) is 1. The minimum absolute atomic E-state index is 0.0586. The van der Waals surface area contributed by atoms with Gasteiger partial charge in [0, 0.05) is 29.0 Å². The Balaban J connectivity index is 1.52. The van der Waals surface area contributed by atoms with Crippen molar-refractivity contribution in [3.63, 3.8) is 0 Å². The summed E-state index contributed by atoms with van der Waals surface area (Å²) in [6.45, 7) is 2.32. The van der Waals surface area contributed by atoms with Crippen LogP contribution in [0.4, 0.5) is 14.6 Å². The second kappa shape index (κ2) is 12.0. The van der Waals surface area contributed by atoms with Gasteiger partial charge in [0.05, 0.1) is 18.9 Å². The summed E-state index contributed by atoms with van der Waals surface area (Å²) in [6, 6.07) is 9.11. The summed E-state index contributed by atoms with van der Waals surface area (Å²) in [5, 5.41) is 0.412. The van der Waals surface area contributed by atoms with Crippen molar-refractivity contribution in [3.8, 4) is 22.8 Å². The number of aromatic nitrogens is 2. The number of rotatable bonds is 11. The number of benzene rings is 1. The first-order valence-corrected chi connectivity index (χ1v) is 12.3. The lowest BCUT2D eigenvalue weighted by atomic mass is 10.0. The lowest BCUT2D eigenvalue weighted by Gasteiger charge is -2.15. The van der Waals surface area contributed by atoms with Crippen LogP contribution in [-0.4, -0.2) is 28.9 Å². The zero-order valence-electron chi connectivity index (χ0n) is 18.5. The summed E-state index contributed by atoms with van der Waals surface area (Å²) in [7, 11) is 0. The third-order valence-electron chi connectivity index (χ3n) is 4.84. The zero-order chi connectivity index (χ0) is 23.8. The monoisotopic (exact) mass is 493 g/mol. The van der Waals surface area contributed by atoms with Gasteiger partial charge in [-0.15, -0.1) is 0 Å². The molecule has 2 heterocycles.